The largest absolute Gasteiger partial charge is 0.345 e. The number of benzene rings is 14. The highest BCUT2D eigenvalue weighted by Gasteiger charge is 2.21. The number of anilines is 14. The van der Waals surface area contributed by atoms with E-state index in [1.807, 2.05) is 72.8 Å². The van der Waals surface area contributed by atoms with E-state index in [-0.39, 0.29) is 0 Å². The molecule has 0 unspecified atom stereocenters. The minimum absolute atomic E-state index is 0.659. The molecule has 0 saturated carbocycles. The first-order valence-electron chi connectivity index (χ1n) is 32.1. The summed E-state index contributed by atoms with van der Waals surface area (Å²) in [7, 11) is 2.08. The molecular weight excluding hydrogens is 1290 g/mol. The van der Waals surface area contributed by atoms with Crippen LogP contribution in [0.1, 0.15) is 11.1 Å². The van der Waals surface area contributed by atoms with Crippen molar-refractivity contribution in [1.29, 1.82) is 0 Å². The van der Waals surface area contributed by atoms with Crippen molar-refractivity contribution < 1.29 is 0 Å². The van der Waals surface area contributed by atoms with Gasteiger partial charge in [-0.25, -0.2) is 0 Å². The lowest BCUT2D eigenvalue weighted by atomic mass is 10.0. The zero-order valence-corrected chi connectivity index (χ0v) is 57.2. The van der Waals surface area contributed by atoms with Crippen LogP contribution in [0.2, 0.25) is 20.1 Å². The van der Waals surface area contributed by atoms with Crippen molar-refractivity contribution in [2.75, 3.05) is 31.5 Å². The van der Waals surface area contributed by atoms with Crippen LogP contribution in [0.4, 0.5) is 79.6 Å². The summed E-state index contributed by atoms with van der Waals surface area (Å²) >= 11 is 28.4. The van der Waals surface area contributed by atoms with Crippen molar-refractivity contribution in [3.8, 4) is 33.4 Å². The number of nitrogens with zero attached hydrogens (tertiary/aromatic N) is 5. The van der Waals surface area contributed by atoms with E-state index < -0.39 is 0 Å². The highest BCUT2D eigenvalue weighted by atomic mass is 35.5. The van der Waals surface area contributed by atoms with Gasteiger partial charge in [-0.15, -0.1) is 11.3 Å². The van der Waals surface area contributed by atoms with Gasteiger partial charge in [0.2, 0.25) is 0 Å². The summed E-state index contributed by atoms with van der Waals surface area (Å²) < 4.78 is 2.45. The fourth-order valence-corrected chi connectivity index (χ4v) is 14.7. The van der Waals surface area contributed by atoms with Crippen LogP contribution in [0.25, 0.3) is 53.6 Å². The fraction of sp³-hybridized carbons (Fsp3) is 0.0345. The highest BCUT2D eigenvalue weighted by Crippen LogP contribution is 2.46. The number of rotatable bonds is 17. The van der Waals surface area contributed by atoms with Gasteiger partial charge in [0.25, 0.3) is 0 Å². The van der Waals surface area contributed by atoms with Gasteiger partial charge >= 0.3 is 0 Å². The van der Waals surface area contributed by atoms with E-state index in [9.17, 15) is 0 Å². The van der Waals surface area contributed by atoms with Crippen molar-refractivity contribution in [3.05, 3.63) is 359 Å². The minimum atomic E-state index is 0.659. The second kappa shape index (κ2) is 27.3. The number of thiophene rings is 1. The standard InChI is InChI=1S/C87H63Cl4N5S/c1-58-10-4-17-78(50-58)95(79-18-5-11-59(2)51-79)74-42-30-64(31-43-74)62-26-38-72(39-27-62)93(80-19-7-13-67(89)53-80)70-34-22-60(23-35-70)61-24-36-71(37-25-61)94(81-20-8-14-68(90)54-81)73-40-28-63(29-41-73)65-32-44-75(45-33-65)96(82-21-9-15-69(91)55-82)83-47-49-87-85(57-83)84-56-77(46-48-86(84)97-87)92(3)76-16-6-12-66(88)52-76/h4-57H,1-3H3. The molecule has 0 amide bonds. The van der Waals surface area contributed by atoms with Gasteiger partial charge in [0, 0.05) is 127 Å². The van der Waals surface area contributed by atoms with Crippen LogP contribution in [0, 0.1) is 13.8 Å². The first-order chi connectivity index (χ1) is 47.4. The van der Waals surface area contributed by atoms with Crippen molar-refractivity contribution in [1.82, 2.24) is 0 Å². The molecular formula is C87H63Cl4N5S. The second-order valence-corrected chi connectivity index (χ2v) is 27.1. The molecule has 14 aromatic carbocycles. The van der Waals surface area contributed by atoms with Gasteiger partial charge in [0.15, 0.2) is 0 Å². The molecule has 0 bridgehead atoms. The Morgan fingerprint density at radius 3 is 0.732 bits per heavy atom. The Morgan fingerprint density at radius 2 is 0.433 bits per heavy atom. The predicted molar refractivity (Wildman–Crippen MR) is 418 cm³/mol. The molecule has 0 aliphatic carbocycles. The van der Waals surface area contributed by atoms with E-state index in [0.29, 0.717) is 20.1 Å². The van der Waals surface area contributed by atoms with Crippen LogP contribution in [0.3, 0.4) is 0 Å². The minimum Gasteiger partial charge on any atom is -0.345 e. The number of hydrogen-bond donors (Lipinski definition) is 0. The van der Waals surface area contributed by atoms with Gasteiger partial charge in [-0.3, -0.25) is 0 Å². The van der Waals surface area contributed by atoms with E-state index in [4.69, 9.17) is 46.4 Å². The van der Waals surface area contributed by atoms with Crippen LogP contribution >= 0.6 is 57.7 Å². The molecule has 97 heavy (non-hydrogen) atoms. The van der Waals surface area contributed by atoms with Gasteiger partial charge in [-0.05, 0) is 265 Å². The summed E-state index contributed by atoms with van der Waals surface area (Å²) in [5.74, 6) is 0. The third kappa shape index (κ3) is 13.3. The Bertz CT molecular complexity index is 5280. The zero-order chi connectivity index (χ0) is 66.1. The van der Waals surface area contributed by atoms with E-state index in [1.165, 1.54) is 31.3 Å². The second-order valence-electron chi connectivity index (χ2n) is 24.2. The molecule has 1 heterocycles. The molecule has 1 aromatic heterocycles. The summed E-state index contributed by atoms with van der Waals surface area (Å²) in [5.41, 5.74) is 23.4. The number of hydrogen-bond acceptors (Lipinski definition) is 6. The third-order valence-electron chi connectivity index (χ3n) is 17.7. The smallest absolute Gasteiger partial charge is 0.0476 e. The lowest BCUT2D eigenvalue weighted by Gasteiger charge is -2.27. The first kappa shape index (κ1) is 62.6. The molecule has 15 rings (SSSR count). The molecule has 0 radical (unpaired) electrons. The van der Waals surface area contributed by atoms with Crippen LogP contribution < -0.4 is 24.5 Å². The number of fused-ring (bicyclic) bond motifs is 3. The number of halogens is 4. The van der Waals surface area contributed by atoms with Gasteiger partial charge < -0.3 is 24.5 Å². The normalized spacial score (nSPS) is 11.2. The molecule has 0 saturated heterocycles. The third-order valence-corrected chi connectivity index (χ3v) is 19.8. The predicted octanol–water partition coefficient (Wildman–Crippen LogP) is 27.9. The molecule has 0 aliphatic heterocycles. The molecule has 10 heteroatoms. The monoisotopic (exact) mass is 1350 g/mol. The molecule has 0 atom stereocenters. The summed E-state index contributed by atoms with van der Waals surface area (Å²) in [4.78, 5) is 11.3. The Kier molecular flexibility index (Phi) is 17.6. The Morgan fingerprint density at radius 1 is 0.216 bits per heavy atom. The van der Waals surface area contributed by atoms with Crippen LogP contribution in [-0.4, -0.2) is 7.05 Å². The van der Waals surface area contributed by atoms with Crippen molar-refractivity contribution >= 4 is 158 Å². The molecule has 0 fully saturated rings. The Labute approximate surface area is 590 Å². The summed E-state index contributed by atoms with van der Waals surface area (Å²) in [5, 5.41) is 5.08. The summed E-state index contributed by atoms with van der Waals surface area (Å²) in [6.07, 6.45) is 0. The first-order valence-corrected chi connectivity index (χ1v) is 34.4. The van der Waals surface area contributed by atoms with Gasteiger partial charge in [-0.2, -0.15) is 0 Å². The fourth-order valence-electron chi connectivity index (χ4n) is 12.9. The molecule has 0 N–H and O–H groups in total. The van der Waals surface area contributed by atoms with Crippen LogP contribution in [-0.2, 0) is 0 Å². The maximum absolute atomic E-state index is 6.73. The average molecular weight is 1350 g/mol. The summed E-state index contributed by atoms with van der Waals surface area (Å²) in [6.45, 7) is 4.27. The lowest BCUT2D eigenvalue weighted by Crippen LogP contribution is -2.10. The summed E-state index contributed by atoms with van der Waals surface area (Å²) in [6, 6.07) is 115. The molecule has 0 aliphatic rings. The zero-order valence-electron chi connectivity index (χ0n) is 53.3. The van der Waals surface area contributed by atoms with E-state index in [0.717, 1.165) is 113 Å². The maximum Gasteiger partial charge on any atom is 0.0476 e. The van der Waals surface area contributed by atoms with Gasteiger partial charge in [-0.1, -0.05) is 168 Å². The molecule has 470 valence electrons. The SMILES string of the molecule is Cc1cccc(N(c2ccc(-c3ccc(N(c4ccc(-c5ccc(N(c6ccc(-c7ccc(N(c8cccc(Cl)c8)c8ccc9sc%10ccc(N(C)c%11cccc(Cl)c%11)cc%10c9c8)cc7)cc6)c6cccc(Cl)c6)cc5)cc4)c4cccc(Cl)c4)cc3)cc2)c2cccc(C)c2)c1. The highest BCUT2D eigenvalue weighted by molar-refractivity contribution is 7.25. The number of aryl methyl sites for hydroxylation is 2. The topological polar surface area (TPSA) is 16.2 Å². The van der Waals surface area contributed by atoms with E-state index >= 15 is 0 Å². The Balaban J connectivity index is 0.677. The lowest BCUT2D eigenvalue weighted by molar-refractivity contribution is 1.21. The van der Waals surface area contributed by atoms with Crippen molar-refractivity contribution in [2.24, 2.45) is 0 Å². The van der Waals surface area contributed by atoms with Crippen LogP contribution in [0.5, 0.6) is 0 Å². The van der Waals surface area contributed by atoms with E-state index in [1.54, 1.807) is 11.3 Å². The molecule has 0 spiro atoms. The molecule has 5 nitrogen and oxygen atoms in total. The van der Waals surface area contributed by atoms with Crippen molar-refractivity contribution in [2.45, 2.75) is 13.8 Å². The van der Waals surface area contributed by atoms with Gasteiger partial charge in [0.05, 0.1) is 0 Å². The quantitative estimate of drug-likeness (QED) is 0.0900. The Hall–Kier alpha value is -10.5. The van der Waals surface area contributed by atoms with Crippen LogP contribution in [0.15, 0.2) is 328 Å². The maximum atomic E-state index is 6.73. The van der Waals surface area contributed by atoms with Crippen molar-refractivity contribution in [3.63, 3.8) is 0 Å². The average Bonchev–Trinajstić information content (AvgIpc) is 1.66. The van der Waals surface area contributed by atoms with E-state index in [2.05, 4.69) is 300 Å². The molecule has 15 aromatic rings. The van der Waals surface area contributed by atoms with Gasteiger partial charge in [0.1, 0.15) is 0 Å².